The van der Waals surface area contributed by atoms with Crippen molar-refractivity contribution < 1.29 is 9.59 Å². The summed E-state index contributed by atoms with van der Waals surface area (Å²) < 4.78 is 1.17. The fourth-order valence-corrected chi connectivity index (χ4v) is 6.32. The molecule has 2 aromatic carbocycles. The Morgan fingerprint density at radius 3 is 1.68 bits per heavy atom. The number of allylic oxidation sites excluding steroid dienone is 4. The molecule has 34 heavy (non-hydrogen) atoms. The van der Waals surface area contributed by atoms with Gasteiger partial charge in [0.2, 0.25) is 0 Å². The Bertz CT molecular complexity index is 1190. The van der Waals surface area contributed by atoms with Crippen LogP contribution in [0.15, 0.2) is 71.1 Å². The molecule has 0 fully saturated rings. The Labute approximate surface area is 216 Å². The van der Waals surface area contributed by atoms with E-state index in [1.165, 1.54) is 9.13 Å². The summed E-state index contributed by atoms with van der Waals surface area (Å²) in [5.41, 5.74) is 6.84. The largest absolute Gasteiger partial charge is 0.317 e. The molecule has 0 radical (unpaired) electrons. The first-order chi connectivity index (χ1) is 16.0. The number of halogens is 1. The van der Waals surface area contributed by atoms with E-state index in [-0.39, 0.29) is 28.3 Å². The number of carbonyl (C=O) groups excluding carboxylic acids is 2. The molecule has 4 heteroatoms. The van der Waals surface area contributed by atoms with Gasteiger partial charge in [-0.15, -0.1) is 0 Å². The lowest BCUT2D eigenvalue weighted by Crippen LogP contribution is -2.44. The second-order valence-electron chi connectivity index (χ2n) is 11.8. The van der Waals surface area contributed by atoms with Gasteiger partial charge in [-0.3, -0.25) is 9.59 Å². The van der Waals surface area contributed by atoms with Crippen LogP contribution in [0.3, 0.4) is 0 Å². The molecule has 1 aliphatic heterocycles. The first-order valence-electron chi connectivity index (χ1n) is 12.1. The third kappa shape index (κ3) is 4.08. The molecule has 0 amide bonds. The van der Waals surface area contributed by atoms with E-state index in [0.717, 1.165) is 46.6 Å². The molecule has 1 heterocycles. The lowest BCUT2D eigenvalue weighted by molar-refractivity contribution is -0.119. The monoisotopic (exact) mass is 565 g/mol. The van der Waals surface area contributed by atoms with Crippen LogP contribution in [0.25, 0.3) is 0 Å². The van der Waals surface area contributed by atoms with Gasteiger partial charge in [-0.1, -0.05) is 57.5 Å². The SMILES string of the molecule is Cc1ccc(C2C3=C(CC(C)(C)CC3=O)N(c3ccc(I)cc3)C3=C2C(=O)CC(C)(C)C3)cc1. The minimum Gasteiger partial charge on any atom is -0.317 e. The quantitative estimate of drug-likeness (QED) is 0.354. The van der Waals surface area contributed by atoms with Gasteiger partial charge < -0.3 is 4.90 Å². The minimum absolute atomic E-state index is 0.124. The molecule has 0 spiro atoms. The number of ketones is 2. The van der Waals surface area contributed by atoms with Crippen molar-refractivity contribution >= 4 is 39.8 Å². The number of rotatable bonds is 2. The molecule has 176 valence electrons. The summed E-state index contributed by atoms with van der Waals surface area (Å²) in [7, 11) is 0. The number of Topliss-reactive ketones (excluding diaryl/α,β-unsaturated/α-hetero) is 2. The predicted molar refractivity (Wildman–Crippen MR) is 146 cm³/mol. The van der Waals surface area contributed by atoms with Gasteiger partial charge in [0.05, 0.1) is 0 Å². The molecule has 0 bridgehead atoms. The van der Waals surface area contributed by atoms with E-state index in [0.29, 0.717) is 12.8 Å². The highest BCUT2D eigenvalue weighted by Crippen LogP contribution is 2.55. The molecular weight excluding hydrogens is 533 g/mol. The van der Waals surface area contributed by atoms with Crippen LogP contribution in [0.1, 0.15) is 70.4 Å². The van der Waals surface area contributed by atoms with Crippen molar-refractivity contribution in [1.82, 2.24) is 0 Å². The van der Waals surface area contributed by atoms with Crippen LogP contribution in [-0.2, 0) is 9.59 Å². The van der Waals surface area contributed by atoms with Gasteiger partial charge in [0.1, 0.15) is 0 Å². The molecule has 5 rings (SSSR count). The number of hydrogen-bond donors (Lipinski definition) is 0. The molecule has 0 saturated heterocycles. The van der Waals surface area contributed by atoms with Gasteiger partial charge in [0.25, 0.3) is 0 Å². The van der Waals surface area contributed by atoms with Crippen molar-refractivity contribution in [1.29, 1.82) is 0 Å². The Kier molecular flexibility index (Phi) is 5.66. The number of hydrogen-bond acceptors (Lipinski definition) is 3. The highest BCUT2D eigenvalue weighted by Gasteiger charge is 2.49. The van der Waals surface area contributed by atoms with E-state index in [1.54, 1.807) is 0 Å². The van der Waals surface area contributed by atoms with Crippen LogP contribution in [0.4, 0.5) is 5.69 Å². The van der Waals surface area contributed by atoms with E-state index in [4.69, 9.17) is 0 Å². The molecule has 3 aliphatic rings. The average molecular weight is 565 g/mol. The minimum atomic E-state index is -0.280. The number of aryl methyl sites for hydroxylation is 1. The highest BCUT2D eigenvalue weighted by molar-refractivity contribution is 14.1. The van der Waals surface area contributed by atoms with Crippen molar-refractivity contribution in [3.8, 4) is 0 Å². The number of benzene rings is 2. The number of carbonyl (C=O) groups is 2. The second-order valence-corrected chi connectivity index (χ2v) is 13.0. The molecule has 0 unspecified atom stereocenters. The van der Waals surface area contributed by atoms with Crippen LogP contribution in [-0.4, -0.2) is 11.6 Å². The summed E-state index contributed by atoms with van der Waals surface area (Å²) in [5.74, 6) is 0.0749. The summed E-state index contributed by atoms with van der Waals surface area (Å²) in [6.45, 7) is 10.8. The fraction of sp³-hybridized carbons (Fsp3) is 0.400. The van der Waals surface area contributed by atoms with E-state index in [1.807, 2.05) is 0 Å². The lowest BCUT2D eigenvalue weighted by Gasteiger charge is -2.49. The topological polar surface area (TPSA) is 37.4 Å². The first kappa shape index (κ1) is 23.5. The van der Waals surface area contributed by atoms with Gasteiger partial charge in [-0.25, -0.2) is 0 Å². The molecule has 0 atom stereocenters. The summed E-state index contributed by atoms with van der Waals surface area (Å²) in [6.07, 6.45) is 2.65. The van der Waals surface area contributed by atoms with Gasteiger partial charge in [-0.05, 0) is 83.0 Å². The second kappa shape index (κ2) is 8.18. The molecule has 0 aromatic heterocycles. The van der Waals surface area contributed by atoms with Crippen molar-refractivity contribution in [2.24, 2.45) is 10.8 Å². The summed E-state index contributed by atoms with van der Waals surface area (Å²) >= 11 is 2.32. The lowest BCUT2D eigenvalue weighted by atomic mass is 9.63. The Hall–Kier alpha value is -2.21. The normalized spacial score (nSPS) is 22.1. The molecule has 2 aliphatic carbocycles. The molecule has 0 saturated carbocycles. The standard InChI is InChI=1S/C30H32INO2/c1-18-6-8-19(9-7-18)26-27-22(14-29(2,3)16-24(27)33)32(21-12-10-20(31)11-13-21)23-15-30(4,5)17-25(34)28(23)26/h6-13,26H,14-17H2,1-5H3. The van der Waals surface area contributed by atoms with Crippen LogP contribution >= 0.6 is 22.6 Å². The number of nitrogens with zero attached hydrogens (tertiary/aromatic N) is 1. The van der Waals surface area contributed by atoms with E-state index in [2.05, 4.69) is 111 Å². The molecule has 2 aromatic rings. The zero-order valence-electron chi connectivity index (χ0n) is 20.7. The zero-order chi connectivity index (χ0) is 24.4. The third-order valence-corrected chi connectivity index (χ3v) is 8.12. The van der Waals surface area contributed by atoms with Crippen LogP contribution in [0, 0.1) is 21.3 Å². The van der Waals surface area contributed by atoms with E-state index < -0.39 is 0 Å². The molecular formula is C30H32INO2. The first-order valence-corrected chi connectivity index (χ1v) is 13.2. The van der Waals surface area contributed by atoms with E-state index in [9.17, 15) is 9.59 Å². The van der Waals surface area contributed by atoms with Crippen LogP contribution in [0.5, 0.6) is 0 Å². The smallest absolute Gasteiger partial charge is 0.162 e. The Morgan fingerprint density at radius 1 is 0.735 bits per heavy atom. The maximum Gasteiger partial charge on any atom is 0.162 e. The van der Waals surface area contributed by atoms with Crippen LogP contribution < -0.4 is 4.90 Å². The summed E-state index contributed by atoms with van der Waals surface area (Å²) in [6, 6.07) is 16.9. The highest BCUT2D eigenvalue weighted by atomic mass is 127. The average Bonchev–Trinajstić information content (AvgIpc) is 2.72. The van der Waals surface area contributed by atoms with Crippen molar-refractivity contribution in [2.45, 2.75) is 66.2 Å². The Morgan fingerprint density at radius 2 is 1.21 bits per heavy atom. The fourth-order valence-electron chi connectivity index (χ4n) is 5.96. The van der Waals surface area contributed by atoms with Gasteiger partial charge >= 0.3 is 0 Å². The molecule has 3 nitrogen and oxygen atoms in total. The van der Waals surface area contributed by atoms with Crippen LogP contribution in [0.2, 0.25) is 0 Å². The van der Waals surface area contributed by atoms with Gasteiger partial charge in [0.15, 0.2) is 11.6 Å². The molecule has 0 N–H and O–H groups in total. The predicted octanol–water partition coefficient (Wildman–Crippen LogP) is 7.49. The van der Waals surface area contributed by atoms with Gasteiger partial charge in [0, 0.05) is 50.6 Å². The Balaban J connectivity index is 1.82. The summed E-state index contributed by atoms with van der Waals surface area (Å²) in [4.78, 5) is 29.9. The maximum atomic E-state index is 13.8. The van der Waals surface area contributed by atoms with E-state index >= 15 is 0 Å². The van der Waals surface area contributed by atoms with Crippen molar-refractivity contribution in [3.05, 3.63) is 85.8 Å². The maximum absolute atomic E-state index is 13.8. The van der Waals surface area contributed by atoms with Crippen molar-refractivity contribution in [2.75, 3.05) is 4.90 Å². The number of anilines is 1. The zero-order valence-corrected chi connectivity index (χ0v) is 22.8. The van der Waals surface area contributed by atoms with Gasteiger partial charge in [-0.2, -0.15) is 0 Å². The summed E-state index contributed by atoms with van der Waals surface area (Å²) in [5, 5.41) is 0. The van der Waals surface area contributed by atoms with Crippen molar-refractivity contribution in [3.63, 3.8) is 0 Å². The third-order valence-electron chi connectivity index (χ3n) is 7.41.